The average Bonchev–Trinajstić information content (AvgIpc) is 2.50. The third kappa shape index (κ3) is 3.43. The zero-order chi connectivity index (χ0) is 15.5. The summed E-state index contributed by atoms with van der Waals surface area (Å²) < 4.78 is 13.7. The molecule has 3 rings (SSSR count). The van der Waals surface area contributed by atoms with Crippen molar-refractivity contribution < 1.29 is 4.39 Å². The summed E-state index contributed by atoms with van der Waals surface area (Å²) in [6.07, 6.45) is 0. The molecule has 0 spiro atoms. The number of aromatic nitrogens is 2. The lowest BCUT2D eigenvalue weighted by molar-refractivity contribution is 0.627. The van der Waals surface area contributed by atoms with Gasteiger partial charge in [0.25, 0.3) is 0 Å². The lowest BCUT2D eigenvalue weighted by Crippen LogP contribution is -1.98. The maximum absolute atomic E-state index is 13.1. The van der Waals surface area contributed by atoms with Gasteiger partial charge in [-0.2, -0.15) is 0 Å². The maximum atomic E-state index is 13.1. The first-order valence-corrected chi connectivity index (χ1v) is 7.61. The van der Waals surface area contributed by atoms with Crippen molar-refractivity contribution in [2.75, 3.05) is 5.32 Å². The van der Waals surface area contributed by atoms with Crippen LogP contribution < -0.4 is 5.32 Å². The van der Waals surface area contributed by atoms with Crippen LogP contribution in [0, 0.1) is 5.82 Å². The van der Waals surface area contributed by atoms with Gasteiger partial charge in [-0.05, 0) is 34.1 Å². The highest BCUT2D eigenvalue weighted by Gasteiger charge is 2.08. The fourth-order valence-corrected chi connectivity index (χ4v) is 2.56. The third-order valence-corrected chi connectivity index (χ3v) is 3.77. The van der Waals surface area contributed by atoms with Crippen molar-refractivity contribution in [3.63, 3.8) is 0 Å². The summed E-state index contributed by atoms with van der Waals surface area (Å²) in [5, 5.41) is 3.43. The van der Waals surface area contributed by atoms with Crippen LogP contribution in [-0.2, 0) is 0 Å². The van der Waals surface area contributed by atoms with E-state index in [2.05, 4.69) is 31.2 Å². The van der Waals surface area contributed by atoms with Crippen LogP contribution in [0.5, 0.6) is 0 Å². The van der Waals surface area contributed by atoms with Gasteiger partial charge in [0.2, 0.25) is 0 Å². The number of halogens is 3. The van der Waals surface area contributed by atoms with Gasteiger partial charge in [-0.15, -0.1) is 0 Å². The summed E-state index contributed by atoms with van der Waals surface area (Å²) in [5.74, 6) is 0.739. The van der Waals surface area contributed by atoms with Crippen molar-refractivity contribution in [3.8, 4) is 11.4 Å². The molecule has 110 valence electrons. The number of benzene rings is 2. The summed E-state index contributed by atoms with van der Waals surface area (Å²) in [6.45, 7) is 0. The second kappa shape index (κ2) is 6.42. The van der Waals surface area contributed by atoms with E-state index in [9.17, 15) is 4.39 Å². The molecule has 22 heavy (non-hydrogen) atoms. The standard InChI is InChI=1S/C16H10BrClFN3/c17-12-8-11(19)6-7-13(12)20-15-9-14(18)21-16(22-15)10-4-2-1-3-5-10/h1-9H,(H,20,21,22). The Morgan fingerprint density at radius 1 is 1.00 bits per heavy atom. The Kier molecular flexibility index (Phi) is 4.36. The van der Waals surface area contributed by atoms with Crippen LogP contribution in [0.25, 0.3) is 11.4 Å². The molecule has 6 heteroatoms. The highest BCUT2D eigenvalue weighted by Crippen LogP contribution is 2.27. The van der Waals surface area contributed by atoms with E-state index < -0.39 is 0 Å². The quantitative estimate of drug-likeness (QED) is 0.616. The molecule has 1 aromatic heterocycles. The molecular formula is C16H10BrClFN3. The summed E-state index contributed by atoms with van der Waals surface area (Å²) in [4.78, 5) is 8.67. The van der Waals surface area contributed by atoms with Gasteiger partial charge in [-0.25, -0.2) is 14.4 Å². The van der Waals surface area contributed by atoms with Crippen LogP contribution in [0.15, 0.2) is 59.1 Å². The molecule has 0 radical (unpaired) electrons. The Hall–Kier alpha value is -1.98. The van der Waals surface area contributed by atoms with E-state index in [-0.39, 0.29) is 5.82 Å². The van der Waals surface area contributed by atoms with Gasteiger partial charge in [-0.3, -0.25) is 0 Å². The molecule has 0 saturated heterocycles. The lowest BCUT2D eigenvalue weighted by Gasteiger charge is -2.09. The van der Waals surface area contributed by atoms with Crippen LogP contribution in [0.1, 0.15) is 0 Å². The van der Waals surface area contributed by atoms with Crippen LogP contribution in [0.3, 0.4) is 0 Å². The van der Waals surface area contributed by atoms with Crippen LogP contribution in [-0.4, -0.2) is 9.97 Å². The minimum Gasteiger partial charge on any atom is -0.339 e. The summed E-state index contributed by atoms with van der Waals surface area (Å²) in [5.41, 5.74) is 1.56. The third-order valence-electron chi connectivity index (χ3n) is 2.92. The Morgan fingerprint density at radius 2 is 1.77 bits per heavy atom. The Balaban J connectivity index is 1.96. The average molecular weight is 379 g/mol. The number of nitrogens with zero attached hydrogens (tertiary/aromatic N) is 2. The molecule has 0 unspecified atom stereocenters. The predicted molar refractivity (Wildman–Crippen MR) is 89.9 cm³/mol. The number of hydrogen-bond acceptors (Lipinski definition) is 3. The molecular weight excluding hydrogens is 369 g/mol. The first-order valence-electron chi connectivity index (χ1n) is 6.44. The van der Waals surface area contributed by atoms with Crippen molar-refractivity contribution >= 4 is 39.0 Å². The molecule has 0 bridgehead atoms. The van der Waals surface area contributed by atoms with Crippen molar-refractivity contribution in [3.05, 3.63) is 70.0 Å². The first kappa shape index (κ1) is 14.9. The Labute approximate surface area is 140 Å². The molecule has 0 aliphatic heterocycles. The fourth-order valence-electron chi connectivity index (χ4n) is 1.93. The number of nitrogens with one attached hydrogen (secondary N) is 1. The largest absolute Gasteiger partial charge is 0.339 e. The molecule has 2 aromatic carbocycles. The van der Waals surface area contributed by atoms with E-state index in [1.165, 1.54) is 12.1 Å². The molecule has 0 amide bonds. The zero-order valence-electron chi connectivity index (χ0n) is 11.2. The monoisotopic (exact) mass is 377 g/mol. The molecule has 3 aromatic rings. The highest BCUT2D eigenvalue weighted by molar-refractivity contribution is 9.10. The van der Waals surface area contributed by atoms with Crippen LogP contribution in [0.2, 0.25) is 5.15 Å². The van der Waals surface area contributed by atoms with E-state index in [0.29, 0.717) is 27.0 Å². The second-order valence-corrected chi connectivity index (χ2v) is 5.76. The van der Waals surface area contributed by atoms with Gasteiger partial charge < -0.3 is 5.32 Å². The van der Waals surface area contributed by atoms with Crippen molar-refractivity contribution in [2.24, 2.45) is 0 Å². The topological polar surface area (TPSA) is 37.8 Å². The molecule has 1 N–H and O–H groups in total. The summed E-state index contributed by atoms with van der Waals surface area (Å²) >= 11 is 9.38. The van der Waals surface area contributed by atoms with Gasteiger partial charge in [0.15, 0.2) is 5.82 Å². The zero-order valence-corrected chi connectivity index (χ0v) is 13.6. The van der Waals surface area contributed by atoms with E-state index in [1.807, 2.05) is 30.3 Å². The highest BCUT2D eigenvalue weighted by atomic mass is 79.9. The van der Waals surface area contributed by atoms with Crippen molar-refractivity contribution in [1.82, 2.24) is 9.97 Å². The van der Waals surface area contributed by atoms with E-state index in [0.717, 1.165) is 5.56 Å². The SMILES string of the molecule is Fc1ccc(Nc2cc(Cl)nc(-c3ccccc3)n2)c(Br)c1. The van der Waals surface area contributed by atoms with Gasteiger partial charge in [-0.1, -0.05) is 41.9 Å². The number of rotatable bonds is 3. The summed E-state index contributed by atoms with van der Waals surface area (Å²) in [6, 6.07) is 15.5. The summed E-state index contributed by atoms with van der Waals surface area (Å²) in [7, 11) is 0. The lowest BCUT2D eigenvalue weighted by atomic mass is 10.2. The Morgan fingerprint density at radius 3 is 2.50 bits per heavy atom. The van der Waals surface area contributed by atoms with Gasteiger partial charge in [0.1, 0.15) is 16.8 Å². The minimum absolute atomic E-state index is 0.317. The van der Waals surface area contributed by atoms with E-state index in [4.69, 9.17) is 11.6 Å². The van der Waals surface area contributed by atoms with E-state index in [1.54, 1.807) is 12.1 Å². The molecule has 0 fully saturated rings. The van der Waals surface area contributed by atoms with Gasteiger partial charge in [0, 0.05) is 16.1 Å². The predicted octanol–water partition coefficient (Wildman–Crippen LogP) is 5.44. The normalized spacial score (nSPS) is 10.5. The fraction of sp³-hybridized carbons (Fsp3) is 0. The van der Waals surface area contributed by atoms with Crippen LogP contribution in [0.4, 0.5) is 15.9 Å². The molecule has 0 aliphatic rings. The van der Waals surface area contributed by atoms with E-state index >= 15 is 0 Å². The smallest absolute Gasteiger partial charge is 0.163 e. The molecule has 1 heterocycles. The molecule has 0 aliphatic carbocycles. The molecule has 3 nitrogen and oxygen atoms in total. The van der Waals surface area contributed by atoms with Crippen molar-refractivity contribution in [1.29, 1.82) is 0 Å². The van der Waals surface area contributed by atoms with Crippen LogP contribution >= 0.6 is 27.5 Å². The maximum Gasteiger partial charge on any atom is 0.163 e. The Bertz CT molecular complexity index is 812. The number of hydrogen-bond donors (Lipinski definition) is 1. The second-order valence-electron chi connectivity index (χ2n) is 4.51. The minimum atomic E-state index is -0.317. The first-order chi connectivity index (χ1) is 10.6. The molecule has 0 saturated carbocycles. The number of anilines is 2. The van der Waals surface area contributed by atoms with Gasteiger partial charge >= 0.3 is 0 Å². The molecule has 0 atom stereocenters. The van der Waals surface area contributed by atoms with Gasteiger partial charge in [0.05, 0.1) is 5.69 Å². The van der Waals surface area contributed by atoms with Crippen molar-refractivity contribution in [2.45, 2.75) is 0 Å².